The second-order valence-electron chi connectivity index (χ2n) is 5.23. The molecule has 0 atom stereocenters. The minimum absolute atomic E-state index is 0.284. The van der Waals surface area contributed by atoms with Crippen LogP contribution in [0.15, 0.2) is 30.3 Å². The van der Waals surface area contributed by atoms with Gasteiger partial charge in [0, 0.05) is 5.56 Å². The van der Waals surface area contributed by atoms with Crippen LogP contribution in [0, 0.1) is 0 Å². The minimum atomic E-state index is 0.284. The van der Waals surface area contributed by atoms with Crippen molar-refractivity contribution in [2.45, 2.75) is 31.8 Å². The summed E-state index contributed by atoms with van der Waals surface area (Å²) in [4.78, 5) is 0. The Hall–Kier alpha value is -2.30. The summed E-state index contributed by atoms with van der Waals surface area (Å²) >= 11 is 0. The molecule has 110 valence electrons. The molecule has 0 aliphatic heterocycles. The maximum Gasteiger partial charge on any atom is 0.162 e. The van der Waals surface area contributed by atoms with Crippen LogP contribution in [-0.2, 0) is 0 Å². The lowest BCUT2D eigenvalue weighted by Crippen LogP contribution is -2.11. The van der Waals surface area contributed by atoms with Crippen LogP contribution in [0.4, 0.5) is 5.82 Å². The van der Waals surface area contributed by atoms with Crippen molar-refractivity contribution in [2.24, 2.45) is 0 Å². The molecule has 1 aromatic heterocycles. The van der Waals surface area contributed by atoms with Crippen molar-refractivity contribution >= 4 is 5.82 Å². The van der Waals surface area contributed by atoms with Gasteiger partial charge in [-0.1, -0.05) is 0 Å². The van der Waals surface area contributed by atoms with Gasteiger partial charge in [-0.25, -0.2) is 0 Å². The fourth-order valence-electron chi connectivity index (χ4n) is 2.61. The lowest BCUT2D eigenvalue weighted by molar-refractivity contribution is 0.201. The number of nitrogens with two attached hydrogens (primary N) is 1. The molecule has 0 amide bonds. The van der Waals surface area contributed by atoms with Crippen molar-refractivity contribution in [1.82, 2.24) is 10.2 Å². The first-order valence-corrected chi connectivity index (χ1v) is 7.20. The van der Waals surface area contributed by atoms with E-state index in [0.29, 0.717) is 5.82 Å². The van der Waals surface area contributed by atoms with Crippen LogP contribution in [0.5, 0.6) is 11.5 Å². The number of anilines is 1. The predicted molar refractivity (Wildman–Crippen MR) is 81.3 cm³/mol. The molecule has 3 rings (SSSR count). The molecule has 1 saturated carbocycles. The highest BCUT2D eigenvalue weighted by Gasteiger charge is 2.19. The number of nitrogens with zero attached hydrogens (tertiary/aromatic N) is 2. The molecule has 21 heavy (non-hydrogen) atoms. The van der Waals surface area contributed by atoms with Gasteiger partial charge in [-0.2, -0.15) is 0 Å². The maximum atomic E-state index is 6.09. The Kier molecular flexibility index (Phi) is 3.90. The fraction of sp³-hybridized carbons (Fsp3) is 0.375. The van der Waals surface area contributed by atoms with Crippen molar-refractivity contribution in [1.29, 1.82) is 0 Å². The van der Waals surface area contributed by atoms with Crippen LogP contribution in [0.1, 0.15) is 25.7 Å². The van der Waals surface area contributed by atoms with Crippen LogP contribution in [0.3, 0.4) is 0 Å². The van der Waals surface area contributed by atoms with E-state index in [1.54, 1.807) is 13.2 Å². The van der Waals surface area contributed by atoms with E-state index in [2.05, 4.69) is 10.2 Å². The van der Waals surface area contributed by atoms with Crippen molar-refractivity contribution in [3.8, 4) is 22.8 Å². The number of methoxy groups -OCH3 is 1. The normalized spacial score (nSPS) is 15.1. The SMILES string of the molecule is COc1ccc(-c2ccc(N)nn2)cc1OC1CCCC1. The highest BCUT2D eigenvalue weighted by atomic mass is 16.5. The minimum Gasteiger partial charge on any atom is -0.493 e. The third-order valence-electron chi connectivity index (χ3n) is 3.74. The molecular weight excluding hydrogens is 266 g/mol. The van der Waals surface area contributed by atoms with Gasteiger partial charge >= 0.3 is 0 Å². The number of hydrogen-bond acceptors (Lipinski definition) is 5. The molecule has 0 radical (unpaired) electrons. The average Bonchev–Trinajstić information content (AvgIpc) is 3.01. The van der Waals surface area contributed by atoms with Gasteiger partial charge in [-0.05, 0) is 56.0 Å². The van der Waals surface area contributed by atoms with Crippen LogP contribution in [-0.4, -0.2) is 23.4 Å². The van der Waals surface area contributed by atoms with Crippen molar-refractivity contribution < 1.29 is 9.47 Å². The van der Waals surface area contributed by atoms with Crippen LogP contribution >= 0.6 is 0 Å². The summed E-state index contributed by atoms with van der Waals surface area (Å²) in [6.07, 6.45) is 4.96. The average molecular weight is 285 g/mol. The van der Waals surface area contributed by atoms with Gasteiger partial charge in [-0.3, -0.25) is 0 Å². The predicted octanol–water partition coefficient (Wildman–Crippen LogP) is 3.06. The molecule has 5 nitrogen and oxygen atoms in total. The number of aromatic nitrogens is 2. The molecule has 1 heterocycles. The van der Waals surface area contributed by atoms with Gasteiger partial charge in [0.15, 0.2) is 11.5 Å². The maximum absolute atomic E-state index is 6.09. The van der Waals surface area contributed by atoms with Crippen molar-refractivity contribution in [3.05, 3.63) is 30.3 Å². The first-order chi connectivity index (χ1) is 10.3. The van der Waals surface area contributed by atoms with E-state index in [4.69, 9.17) is 15.2 Å². The third-order valence-corrected chi connectivity index (χ3v) is 3.74. The van der Waals surface area contributed by atoms with Crippen molar-refractivity contribution in [3.63, 3.8) is 0 Å². The molecular formula is C16H19N3O2. The molecule has 0 bridgehead atoms. The molecule has 0 unspecified atom stereocenters. The number of nitrogen functional groups attached to an aromatic ring is 1. The van der Waals surface area contributed by atoms with E-state index in [0.717, 1.165) is 35.6 Å². The van der Waals surface area contributed by atoms with Gasteiger partial charge in [-0.15, -0.1) is 10.2 Å². The Morgan fingerprint density at radius 1 is 1.05 bits per heavy atom. The molecule has 1 aliphatic rings. The van der Waals surface area contributed by atoms with Gasteiger partial charge in [0.05, 0.1) is 18.9 Å². The van der Waals surface area contributed by atoms with E-state index in [9.17, 15) is 0 Å². The molecule has 1 aliphatic carbocycles. The Labute approximate surface area is 124 Å². The Bertz CT molecular complexity index is 607. The molecule has 1 fully saturated rings. The first-order valence-electron chi connectivity index (χ1n) is 7.20. The first kappa shape index (κ1) is 13.7. The number of benzene rings is 1. The van der Waals surface area contributed by atoms with Crippen molar-refractivity contribution in [2.75, 3.05) is 12.8 Å². The Morgan fingerprint density at radius 2 is 1.86 bits per heavy atom. The number of ether oxygens (including phenoxy) is 2. The van der Waals surface area contributed by atoms with Gasteiger partial charge in [0.25, 0.3) is 0 Å². The second kappa shape index (κ2) is 5.99. The largest absolute Gasteiger partial charge is 0.493 e. The Morgan fingerprint density at radius 3 is 2.52 bits per heavy atom. The third kappa shape index (κ3) is 3.07. The smallest absolute Gasteiger partial charge is 0.162 e. The molecule has 1 aromatic carbocycles. The number of hydrogen-bond donors (Lipinski definition) is 1. The van der Waals surface area contributed by atoms with Gasteiger partial charge < -0.3 is 15.2 Å². The summed E-state index contributed by atoms with van der Waals surface area (Å²) in [6.45, 7) is 0. The molecule has 2 N–H and O–H groups in total. The molecule has 0 saturated heterocycles. The van der Waals surface area contributed by atoms with E-state index < -0.39 is 0 Å². The quantitative estimate of drug-likeness (QED) is 0.934. The van der Waals surface area contributed by atoms with E-state index in [1.807, 2.05) is 24.3 Å². The zero-order valence-corrected chi connectivity index (χ0v) is 12.1. The number of rotatable bonds is 4. The summed E-state index contributed by atoms with van der Waals surface area (Å²) in [7, 11) is 1.65. The van der Waals surface area contributed by atoms with E-state index >= 15 is 0 Å². The zero-order valence-electron chi connectivity index (χ0n) is 12.1. The van der Waals surface area contributed by atoms with Crippen LogP contribution in [0.25, 0.3) is 11.3 Å². The summed E-state index contributed by atoms with van der Waals surface area (Å²) < 4.78 is 11.5. The highest BCUT2D eigenvalue weighted by molar-refractivity contribution is 5.64. The topological polar surface area (TPSA) is 70.3 Å². The summed E-state index contributed by atoms with van der Waals surface area (Å²) in [5.41, 5.74) is 7.28. The molecule has 2 aromatic rings. The standard InChI is InChI=1S/C16H19N3O2/c1-20-14-8-6-11(13-7-9-16(17)19-18-13)10-15(14)21-12-4-2-3-5-12/h6-10,12H,2-5H2,1H3,(H2,17,19). The van der Waals surface area contributed by atoms with Gasteiger partial charge in [0.2, 0.25) is 0 Å². The summed E-state index contributed by atoms with van der Waals surface area (Å²) in [5.74, 6) is 1.92. The monoisotopic (exact) mass is 285 g/mol. The summed E-state index contributed by atoms with van der Waals surface area (Å²) in [5, 5.41) is 7.99. The fourth-order valence-corrected chi connectivity index (χ4v) is 2.61. The van der Waals surface area contributed by atoms with E-state index in [1.165, 1.54) is 12.8 Å². The Balaban J connectivity index is 1.89. The lowest BCUT2D eigenvalue weighted by Gasteiger charge is -2.16. The van der Waals surface area contributed by atoms with Crippen LogP contribution in [0.2, 0.25) is 0 Å². The van der Waals surface area contributed by atoms with Gasteiger partial charge in [0.1, 0.15) is 5.82 Å². The second-order valence-corrected chi connectivity index (χ2v) is 5.23. The molecule has 0 spiro atoms. The van der Waals surface area contributed by atoms with Crippen LogP contribution < -0.4 is 15.2 Å². The lowest BCUT2D eigenvalue weighted by atomic mass is 10.1. The van der Waals surface area contributed by atoms with E-state index in [-0.39, 0.29) is 6.10 Å². The highest BCUT2D eigenvalue weighted by Crippen LogP contribution is 2.34. The zero-order chi connectivity index (χ0) is 14.7. The summed E-state index contributed by atoms with van der Waals surface area (Å²) in [6, 6.07) is 9.39. The molecule has 5 heteroatoms.